The minimum atomic E-state index is -3.15. The zero-order valence-corrected chi connectivity index (χ0v) is 18.1. The van der Waals surface area contributed by atoms with Gasteiger partial charge in [-0.2, -0.15) is 10.4 Å². The first-order valence-corrected chi connectivity index (χ1v) is 10.4. The molecule has 168 valence electrons. The molecule has 1 aromatic carbocycles. The van der Waals surface area contributed by atoms with Crippen LogP contribution in [-0.2, 0) is 6.54 Å². The number of aromatic amines is 1. The topological polar surface area (TPSA) is 96.6 Å². The van der Waals surface area contributed by atoms with Gasteiger partial charge in [-0.15, -0.1) is 0 Å². The van der Waals surface area contributed by atoms with Crippen LogP contribution in [0.15, 0.2) is 28.2 Å². The summed E-state index contributed by atoms with van der Waals surface area (Å²) in [4.78, 5) is 18.9. The van der Waals surface area contributed by atoms with E-state index >= 15 is 0 Å². The fraction of sp³-hybridized carbons (Fsp3) is 0.263. The Hall–Kier alpha value is -3.04. The molecular weight excluding hydrogens is 474 g/mol. The summed E-state index contributed by atoms with van der Waals surface area (Å²) >= 11 is 6.87. The number of H-pyrrole nitrogens is 1. The molecule has 1 N–H and O–H groups in total. The first-order valence-electron chi connectivity index (χ1n) is 8.79. The number of ether oxygens (including phenoxy) is 1. The molecule has 0 radical (unpaired) electrons. The summed E-state index contributed by atoms with van der Waals surface area (Å²) in [6.45, 7) is -0.385. The van der Waals surface area contributed by atoms with Gasteiger partial charge in [0.1, 0.15) is 28.8 Å². The number of rotatable bonds is 7. The lowest BCUT2D eigenvalue weighted by Crippen LogP contribution is -2.15. The fourth-order valence-corrected chi connectivity index (χ4v) is 3.69. The van der Waals surface area contributed by atoms with Crippen molar-refractivity contribution >= 4 is 23.4 Å². The van der Waals surface area contributed by atoms with Crippen molar-refractivity contribution in [2.75, 3.05) is 13.4 Å². The van der Waals surface area contributed by atoms with E-state index in [0.29, 0.717) is 10.2 Å². The normalized spacial score (nSPS) is 11.2. The summed E-state index contributed by atoms with van der Waals surface area (Å²) in [5.74, 6) is 0.243. The van der Waals surface area contributed by atoms with Crippen LogP contribution in [0.4, 0.5) is 17.6 Å². The van der Waals surface area contributed by atoms with Gasteiger partial charge in [-0.1, -0.05) is 23.4 Å². The Morgan fingerprint density at radius 2 is 2.03 bits per heavy atom. The standard InChI is InChI=1S/C19H14ClF4N5O2S/c1-31-11-4-3-8(13-10(6-25)18(30)27-19(26-13)32-2)5-9(11)7-29-15(17(23)24)12(20)14(28-29)16(21)22/h3-5,16-17H,7H2,1-2H3,(H,26,27,30). The van der Waals surface area contributed by atoms with E-state index in [1.165, 1.54) is 25.3 Å². The SMILES string of the molecule is COc1ccc(-c2nc(SC)[nH]c(=O)c2C#N)cc1Cn1nc(C(F)F)c(Cl)c1C(F)F. The van der Waals surface area contributed by atoms with Gasteiger partial charge in [-0.3, -0.25) is 9.48 Å². The zero-order chi connectivity index (χ0) is 23.6. The van der Waals surface area contributed by atoms with Crippen molar-refractivity contribution in [1.29, 1.82) is 5.26 Å². The van der Waals surface area contributed by atoms with Crippen molar-refractivity contribution < 1.29 is 22.3 Å². The van der Waals surface area contributed by atoms with Gasteiger partial charge >= 0.3 is 0 Å². The number of thioether (sulfide) groups is 1. The van der Waals surface area contributed by atoms with E-state index in [9.17, 15) is 27.6 Å². The molecule has 0 amide bonds. The molecule has 0 aliphatic rings. The molecule has 0 bridgehead atoms. The Morgan fingerprint density at radius 3 is 2.59 bits per heavy atom. The molecule has 0 unspecified atom stereocenters. The summed E-state index contributed by atoms with van der Waals surface area (Å²) in [5.41, 5.74) is -2.02. The van der Waals surface area contributed by atoms with Crippen LogP contribution in [-0.4, -0.2) is 33.1 Å². The van der Waals surface area contributed by atoms with Gasteiger partial charge in [-0.25, -0.2) is 22.5 Å². The Labute approximate surface area is 188 Å². The maximum Gasteiger partial charge on any atom is 0.283 e. The summed E-state index contributed by atoms with van der Waals surface area (Å²) in [6, 6.07) is 6.26. The monoisotopic (exact) mass is 487 g/mol. The molecule has 32 heavy (non-hydrogen) atoms. The highest BCUT2D eigenvalue weighted by Gasteiger charge is 2.28. The third-order valence-electron chi connectivity index (χ3n) is 4.45. The van der Waals surface area contributed by atoms with Crippen LogP contribution < -0.4 is 10.3 Å². The van der Waals surface area contributed by atoms with E-state index in [1.807, 2.05) is 0 Å². The average Bonchev–Trinajstić information content (AvgIpc) is 3.09. The summed E-state index contributed by atoms with van der Waals surface area (Å²) in [5, 5.41) is 12.4. The Balaban J connectivity index is 2.17. The van der Waals surface area contributed by atoms with Gasteiger partial charge in [-0.05, 0) is 24.5 Å². The number of nitrogens with zero attached hydrogens (tertiary/aromatic N) is 4. The van der Waals surface area contributed by atoms with Crippen LogP contribution in [0.1, 0.15) is 35.4 Å². The van der Waals surface area contributed by atoms with Gasteiger partial charge in [0.05, 0.1) is 24.4 Å². The molecule has 0 saturated carbocycles. The van der Waals surface area contributed by atoms with Crippen molar-refractivity contribution in [3.8, 4) is 23.1 Å². The van der Waals surface area contributed by atoms with Gasteiger partial charge in [0.15, 0.2) is 5.16 Å². The Kier molecular flexibility index (Phi) is 7.10. The van der Waals surface area contributed by atoms with Gasteiger partial charge in [0.25, 0.3) is 18.4 Å². The van der Waals surface area contributed by atoms with E-state index < -0.39 is 34.8 Å². The maximum absolute atomic E-state index is 13.5. The smallest absolute Gasteiger partial charge is 0.283 e. The molecule has 2 aromatic heterocycles. The minimum Gasteiger partial charge on any atom is -0.496 e. The number of hydrogen-bond donors (Lipinski definition) is 1. The molecule has 0 fully saturated rings. The van der Waals surface area contributed by atoms with Crippen molar-refractivity contribution in [2.24, 2.45) is 0 Å². The highest BCUT2D eigenvalue weighted by molar-refractivity contribution is 7.98. The second-order valence-corrected chi connectivity index (χ2v) is 7.45. The summed E-state index contributed by atoms with van der Waals surface area (Å²) in [7, 11) is 1.34. The van der Waals surface area contributed by atoms with E-state index in [2.05, 4.69) is 15.1 Å². The minimum absolute atomic E-state index is 0.0744. The zero-order valence-electron chi connectivity index (χ0n) is 16.5. The maximum atomic E-state index is 13.5. The predicted molar refractivity (Wildman–Crippen MR) is 110 cm³/mol. The van der Waals surface area contributed by atoms with Gasteiger partial charge < -0.3 is 9.72 Å². The van der Waals surface area contributed by atoms with E-state index in [0.717, 1.165) is 11.8 Å². The first kappa shape index (κ1) is 23.6. The van der Waals surface area contributed by atoms with Crippen molar-refractivity contribution in [3.63, 3.8) is 0 Å². The molecule has 0 aliphatic carbocycles. The van der Waals surface area contributed by atoms with E-state index in [4.69, 9.17) is 16.3 Å². The fourth-order valence-electron chi connectivity index (χ4n) is 3.01. The number of methoxy groups -OCH3 is 1. The van der Waals surface area contributed by atoms with Crippen LogP contribution in [0.2, 0.25) is 5.02 Å². The van der Waals surface area contributed by atoms with Crippen LogP contribution in [0, 0.1) is 11.3 Å². The lowest BCUT2D eigenvalue weighted by atomic mass is 10.0. The Morgan fingerprint density at radius 1 is 1.31 bits per heavy atom. The lowest BCUT2D eigenvalue weighted by Gasteiger charge is -2.13. The third-order valence-corrected chi connectivity index (χ3v) is 5.41. The lowest BCUT2D eigenvalue weighted by molar-refractivity contribution is 0.139. The van der Waals surface area contributed by atoms with E-state index in [1.54, 1.807) is 12.3 Å². The highest BCUT2D eigenvalue weighted by Crippen LogP contribution is 2.36. The number of nitriles is 1. The molecule has 0 saturated heterocycles. The van der Waals surface area contributed by atoms with Crippen LogP contribution in [0.25, 0.3) is 11.3 Å². The number of alkyl halides is 4. The molecule has 0 aliphatic heterocycles. The van der Waals surface area contributed by atoms with Crippen molar-refractivity contribution in [1.82, 2.24) is 19.7 Å². The Bertz CT molecular complexity index is 1260. The molecule has 0 atom stereocenters. The van der Waals surface area contributed by atoms with Crippen LogP contribution in [0.3, 0.4) is 0 Å². The summed E-state index contributed by atoms with van der Waals surface area (Å²) in [6.07, 6.45) is -4.61. The number of hydrogen-bond acceptors (Lipinski definition) is 6. The van der Waals surface area contributed by atoms with Crippen molar-refractivity contribution in [3.05, 3.63) is 56.1 Å². The predicted octanol–water partition coefficient (Wildman–Crippen LogP) is 4.81. The average molecular weight is 488 g/mol. The van der Waals surface area contributed by atoms with E-state index in [-0.39, 0.29) is 34.3 Å². The molecule has 2 heterocycles. The molecular formula is C19H14ClF4N5O2S. The molecule has 7 nitrogen and oxygen atoms in total. The first-order chi connectivity index (χ1) is 15.2. The number of nitrogens with one attached hydrogen (secondary N) is 1. The molecule has 13 heteroatoms. The van der Waals surface area contributed by atoms with Gasteiger partial charge in [0, 0.05) is 11.1 Å². The van der Waals surface area contributed by atoms with Crippen LogP contribution >= 0.6 is 23.4 Å². The number of aromatic nitrogens is 4. The molecule has 3 rings (SSSR count). The summed E-state index contributed by atoms with van der Waals surface area (Å²) < 4.78 is 59.2. The second-order valence-electron chi connectivity index (χ2n) is 6.28. The largest absolute Gasteiger partial charge is 0.496 e. The van der Waals surface area contributed by atoms with Crippen LogP contribution in [0.5, 0.6) is 5.75 Å². The quantitative estimate of drug-likeness (QED) is 0.292. The number of benzene rings is 1. The second kappa shape index (κ2) is 9.62. The molecule has 3 aromatic rings. The number of halogens is 5. The van der Waals surface area contributed by atoms with Crippen molar-refractivity contribution in [2.45, 2.75) is 24.6 Å². The molecule has 0 spiro atoms. The highest BCUT2D eigenvalue weighted by atomic mass is 35.5. The van der Waals surface area contributed by atoms with Gasteiger partial charge in [0.2, 0.25) is 0 Å². The third kappa shape index (κ3) is 4.44.